The highest BCUT2D eigenvalue weighted by Gasteiger charge is 2.05. The van der Waals surface area contributed by atoms with Crippen LogP contribution in [0.3, 0.4) is 0 Å². The van der Waals surface area contributed by atoms with Crippen molar-refractivity contribution in [3.05, 3.63) is 95.2 Å². The van der Waals surface area contributed by atoms with Crippen LogP contribution in [0.2, 0.25) is 0 Å². The third kappa shape index (κ3) is 10.4. The van der Waals surface area contributed by atoms with Crippen LogP contribution < -0.4 is 0 Å². The largest absolute Gasteiger partial charge is 0.159 e. The summed E-state index contributed by atoms with van der Waals surface area (Å²) >= 11 is 0. The van der Waals surface area contributed by atoms with Crippen LogP contribution in [0.5, 0.6) is 0 Å². The first kappa shape index (κ1) is 29.6. The van der Waals surface area contributed by atoms with E-state index in [9.17, 15) is 0 Å². The Balaban J connectivity index is 1.68. The third-order valence-electron chi connectivity index (χ3n) is 7.33. The molecule has 2 heteroatoms. The molecule has 0 N–H and O–H groups in total. The van der Waals surface area contributed by atoms with Gasteiger partial charge in [-0.1, -0.05) is 127 Å². The van der Waals surface area contributed by atoms with E-state index in [1.54, 1.807) is 5.56 Å². The van der Waals surface area contributed by atoms with Gasteiger partial charge >= 0.3 is 0 Å². The molecule has 0 fully saturated rings. The lowest BCUT2D eigenvalue weighted by Gasteiger charge is -2.11. The van der Waals surface area contributed by atoms with Crippen LogP contribution in [0, 0.1) is 0 Å². The number of aryl methyl sites for hydroxylation is 3. The van der Waals surface area contributed by atoms with E-state index in [0.29, 0.717) is 0 Å². The molecule has 3 rings (SSSR count). The fourth-order valence-electron chi connectivity index (χ4n) is 5.02. The van der Waals surface area contributed by atoms with E-state index in [1.807, 2.05) is 6.20 Å². The zero-order valence-corrected chi connectivity index (χ0v) is 24.1. The number of hydrogen-bond donors (Lipinski definition) is 0. The monoisotopic (exact) mass is 508 g/mol. The van der Waals surface area contributed by atoms with Crippen LogP contribution >= 0.6 is 0 Å². The van der Waals surface area contributed by atoms with Crippen molar-refractivity contribution in [3.63, 3.8) is 0 Å². The van der Waals surface area contributed by atoms with Gasteiger partial charge in [-0.2, -0.15) is 10.2 Å². The van der Waals surface area contributed by atoms with Gasteiger partial charge in [-0.25, -0.2) is 0 Å². The summed E-state index contributed by atoms with van der Waals surface area (Å²) in [5, 5.41) is 8.95. The normalized spacial score (nSPS) is 11.7. The topological polar surface area (TPSA) is 24.7 Å². The molecule has 202 valence electrons. The highest BCUT2D eigenvalue weighted by molar-refractivity contribution is 5.68. The summed E-state index contributed by atoms with van der Waals surface area (Å²) in [6.07, 6.45) is 20.6. The van der Waals surface area contributed by atoms with E-state index in [4.69, 9.17) is 0 Å². The zero-order chi connectivity index (χ0) is 26.8. The van der Waals surface area contributed by atoms with E-state index >= 15 is 0 Å². The van der Waals surface area contributed by atoms with Crippen molar-refractivity contribution in [2.45, 2.75) is 104 Å². The second kappa shape index (κ2) is 17.5. The molecule has 0 saturated heterocycles. The second-order valence-corrected chi connectivity index (χ2v) is 10.5. The Morgan fingerprint density at radius 1 is 0.605 bits per heavy atom. The van der Waals surface area contributed by atoms with Crippen molar-refractivity contribution >= 4 is 11.8 Å². The summed E-state index contributed by atoms with van der Waals surface area (Å²) in [5.74, 6) is 0. The Labute approximate surface area is 232 Å². The Morgan fingerprint density at radius 2 is 1.29 bits per heavy atom. The number of nitrogens with zero attached hydrogens (tertiary/aromatic N) is 2. The summed E-state index contributed by atoms with van der Waals surface area (Å²) in [6, 6.07) is 24.0. The maximum absolute atomic E-state index is 4.54. The summed E-state index contributed by atoms with van der Waals surface area (Å²) in [7, 11) is 0. The van der Waals surface area contributed by atoms with Gasteiger partial charge < -0.3 is 0 Å². The summed E-state index contributed by atoms with van der Waals surface area (Å²) < 4.78 is 0. The Hall–Kier alpha value is -3.00. The summed E-state index contributed by atoms with van der Waals surface area (Å²) in [5.41, 5.74) is 8.86. The molecule has 3 aromatic carbocycles. The van der Waals surface area contributed by atoms with Gasteiger partial charge in [0.2, 0.25) is 0 Å². The molecule has 0 aliphatic heterocycles. The number of rotatable bonds is 17. The zero-order valence-electron chi connectivity index (χ0n) is 24.1. The van der Waals surface area contributed by atoms with Crippen LogP contribution in [0.25, 0.3) is 17.2 Å². The van der Waals surface area contributed by atoms with Crippen molar-refractivity contribution in [3.8, 4) is 11.1 Å². The van der Waals surface area contributed by atoms with Crippen molar-refractivity contribution < 1.29 is 0 Å². The lowest BCUT2D eigenvalue weighted by molar-refractivity contribution is 0.605. The molecule has 0 saturated carbocycles. The van der Waals surface area contributed by atoms with E-state index < -0.39 is 0 Å². The molecule has 0 amide bonds. The fraction of sp³-hybridized carbons (Fsp3) is 0.444. The number of azo groups is 1. The van der Waals surface area contributed by atoms with E-state index in [-0.39, 0.29) is 0 Å². The molecular formula is C36H48N2. The molecule has 0 aliphatic carbocycles. The molecule has 0 aromatic heterocycles. The van der Waals surface area contributed by atoms with Crippen molar-refractivity contribution in [1.82, 2.24) is 0 Å². The molecule has 0 aliphatic rings. The van der Waals surface area contributed by atoms with Crippen molar-refractivity contribution in [2.24, 2.45) is 10.2 Å². The molecule has 0 heterocycles. The predicted molar refractivity (Wildman–Crippen MR) is 166 cm³/mol. The quantitative estimate of drug-likeness (QED) is 0.128. The molecule has 3 aromatic rings. The van der Waals surface area contributed by atoms with Crippen LogP contribution in [0.1, 0.15) is 107 Å². The Morgan fingerprint density at radius 3 is 2.03 bits per heavy atom. The minimum Gasteiger partial charge on any atom is -0.159 e. The van der Waals surface area contributed by atoms with E-state index in [1.165, 1.54) is 105 Å². The van der Waals surface area contributed by atoms with Crippen molar-refractivity contribution in [1.29, 1.82) is 0 Å². The number of benzene rings is 3. The molecule has 38 heavy (non-hydrogen) atoms. The summed E-state index contributed by atoms with van der Waals surface area (Å²) in [4.78, 5) is 0. The van der Waals surface area contributed by atoms with Gasteiger partial charge in [0.15, 0.2) is 0 Å². The highest BCUT2D eigenvalue weighted by Crippen LogP contribution is 2.27. The Kier molecular flexibility index (Phi) is 13.6. The fourth-order valence-corrected chi connectivity index (χ4v) is 5.02. The van der Waals surface area contributed by atoms with Gasteiger partial charge in [0.25, 0.3) is 0 Å². The maximum atomic E-state index is 4.54. The smallest absolute Gasteiger partial charge is 0.0865 e. The summed E-state index contributed by atoms with van der Waals surface area (Å²) in [6.45, 7) is 6.75. The minimum atomic E-state index is 0.902. The molecule has 0 spiro atoms. The molecule has 0 bridgehead atoms. The standard InChI is InChI=1S/C36H48N2/c1-4-7-9-11-12-15-21-34-27-31(22-23-33(34)20-14-10-8-5-2)24-25-37-38-36-28-30(6-3)26-35(29-36)32-18-16-13-17-19-32/h13,16-19,22-29H,4-12,14-15,20-21H2,1-3H3. The molecule has 0 atom stereocenters. The van der Waals surface area contributed by atoms with Crippen LogP contribution in [-0.4, -0.2) is 0 Å². The minimum absolute atomic E-state index is 0.902. The highest BCUT2D eigenvalue weighted by atomic mass is 15.1. The molecule has 0 unspecified atom stereocenters. The number of hydrogen-bond acceptors (Lipinski definition) is 2. The Bertz CT molecular complexity index is 1130. The van der Waals surface area contributed by atoms with Gasteiger partial charge in [-0.3, -0.25) is 0 Å². The van der Waals surface area contributed by atoms with Crippen LogP contribution in [-0.2, 0) is 19.3 Å². The van der Waals surface area contributed by atoms with Crippen LogP contribution in [0.15, 0.2) is 83.2 Å². The molecular weight excluding hydrogens is 460 g/mol. The van der Waals surface area contributed by atoms with Crippen LogP contribution in [0.4, 0.5) is 5.69 Å². The van der Waals surface area contributed by atoms with Gasteiger partial charge in [-0.05, 0) is 83.7 Å². The van der Waals surface area contributed by atoms with Gasteiger partial charge in [-0.15, -0.1) is 0 Å². The molecule has 0 radical (unpaired) electrons. The first-order valence-corrected chi connectivity index (χ1v) is 15.1. The average molecular weight is 509 g/mol. The predicted octanol–water partition coefficient (Wildman–Crippen LogP) is 11.7. The number of unbranched alkanes of at least 4 members (excludes halogenated alkanes) is 8. The van der Waals surface area contributed by atoms with Gasteiger partial charge in [0.1, 0.15) is 0 Å². The second-order valence-electron chi connectivity index (χ2n) is 10.5. The first-order valence-electron chi connectivity index (χ1n) is 15.1. The third-order valence-corrected chi connectivity index (χ3v) is 7.33. The van der Waals surface area contributed by atoms with Gasteiger partial charge in [0.05, 0.1) is 11.9 Å². The lowest BCUT2D eigenvalue weighted by Crippen LogP contribution is -1.97. The SMILES string of the molecule is CCCCCCCCc1cc(C=CN=Nc2cc(CC)cc(-c3ccccc3)c2)ccc1CCCCCC. The average Bonchev–Trinajstić information content (AvgIpc) is 2.96. The molecule has 2 nitrogen and oxygen atoms in total. The van der Waals surface area contributed by atoms with E-state index in [2.05, 4.69) is 104 Å². The first-order chi connectivity index (χ1) is 18.7. The maximum Gasteiger partial charge on any atom is 0.0865 e. The van der Waals surface area contributed by atoms with E-state index in [0.717, 1.165) is 12.1 Å². The van der Waals surface area contributed by atoms with Gasteiger partial charge in [0, 0.05) is 0 Å². The van der Waals surface area contributed by atoms with Crippen molar-refractivity contribution in [2.75, 3.05) is 0 Å². The lowest BCUT2D eigenvalue weighted by atomic mass is 9.94.